The van der Waals surface area contributed by atoms with E-state index in [0.29, 0.717) is 0 Å². The predicted octanol–water partition coefficient (Wildman–Crippen LogP) is 0.374. The summed E-state index contributed by atoms with van der Waals surface area (Å²) in [5.41, 5.74) is 2.32. The number of nitrogens with zero attached hydrogens (tertiary/aromatic N) is 5. The van der Waals surface area contributed by atoms with Gasteiger partial charge < -0.3 is 35.2 Å². The average Bonchev–Trinajstić information content (AvgIpc) is 2.94. The second-order valence-corrected chi connectivity index (χ2v) is 9.91. The Kier molecular flexibility index (Phi) is 11.8. The highest BCUT2D eigenvalue weighted by Gasteiger charge is 2.24. The lowest BCUT2D eigenvalue weighted by Crippen LogP contribution is -2.46. The second kappa shape index (κ2) is 15.5. The SMILES string of the molecule is CNc1cnc2c(c1)N(CCNCCCN1CCOCC1)CCN2CCNCCCN1CCOCC1. The summed E-state index contributed by atoms with van der Waals surface area (Å²) in [6, 6.07) is 2.25. The molecule has 2 fully saturated rings. The molecule has 36 heavy (non-hydrogen) atoms. The van der Waals surface area contributed by atoms with E-state index in [4.69, 9.17) is 14.5 Å². The van der Waals surface area contributed by atoms with Gasteiger partial charge in [-0.1, -0.05) is 0 Å². The van der Waals surface area contributed by atoms with E-state index in [1.165, 1.54) is 18.5 Å². The molecule has 0 saturated carbocycles. The van der Waals surface area contributed by atoms with Crippen molar-refractivity contribution in [2.45, 2.75) is 12.8 Å². The van der Waals surface area contributed by atoms with Gasteiger partial charge >= 0.3 is 0 Å². The molecule has 1 aromatic rings. The largest absolute Gasteiger partial charge is 0.387 e. The van der Waals surface area contributed by atoms with E-state index in [9.17, 15) is 0 Å². The van der Waals surface area contributed by atoms with E-state index in [-0.39, 0.29) is 0 Å². The molecule has 3 N–H and O–H groups in total. The Morgan fingerprint density at radius 1 is 0.722 bits per heavy atom. The molecule has 0 radical (unpaired) electrons. The van der Waals surface area contributed by atoms with E-state index in [0.717, 1.165) is 130 Å². The molecule has 3 aliphatic rings. The fraction of sp³-hybridized carbons (Fsp3) is 0.808. The van der Waals surface area contributed by atoms with Crippen molar-refractivity contribution >= 4 is 17.2 Å². The van der Waals surface area contributed by atoms with Gasteiger partial charge in [-0.3, -0.25) is 9.80 Å². The van der Waals surface area contributed by atoms with Crippen LogP contribution in [0.5, 0.6) is 0 Å². The van der Waals surface area contributed by atoms with Gasteiger partial charge in [-0.2, -0.15) is 0 Å². The molecule has 0 bridgehead atoms. The standard InChI is InChI=1S/C26H48N8O2/c1-27-24-22-25-26(30-23-24)34(11-7-29-5-3-9-32-16-20-36-21-17-32)13-12-33(25)10-6-28-4-2-8-31-14-18-35-19-15-31/h22-23,27-29H,2-21H2,1H3. The van der Waals surface area contributed by atoms with Crippen LogP contribution in [0.4, 0.5) is 17.2 Å². The third kappa shape index (κ3) is 8.71. The van der Waals surface area contributed by atoms with Crippen LogP contribution in [0.2, 0.25) is 0 Å². The van der Waals surface area contributed by atoms with Crippen molar-refractivity contribution in [3.05, 3.63) is 12.3 Å². The molecular formula is C26H48N8O2. The van der Waals surface area contributed by atoms with Gasteiger partial charge in [0.1, 0.15) is 0 Å². The Morgan fingerprint density at radius 2 is 1.28 bits per heavy atom. The van der Waals surface area contributed by atoms with Crippen molar-refractivity contribution in [2.75, 3.05) is 140 Å². The normalized spacial score (nSPS) is 19.5. The molecule has 3 aliphatic heterocycles. The van der Waals surface area contributed by atoms with Crippen molar-refractivity contribution in [1.82, 2.24) is 25.4 Å². The Hall–Kier alpha value is -1.69. The molecule has 0 aromatic carbocycles. The van der Waals surface area contributed by atoms with Crippen LogP contribution in [-0.2, 0) is 9.47 Å². The smallest absolute Gasteiger partial charge is 0.152 e. The Morgan fingerprint density at radius 3 is 1.86 bits per heavy atom. The van der Waals surface area contributed by atoms with Crippen LogP contribution in [0.25, 0.3) is 0 Å². The lowest BCUT2D eigenvalue weighted by molar-refractivity contribution is 0.0374. The highest BCUT2D eigenvalue weighted by molar-refractivity contribution is 5.73. The van der Waals surface area contributed by atoms with Crippen molar-refractivity contribution < 1.29 is 9.47 Å². The van der Waals surface area contributed by atoms with Crippen LogP contribution in [0.15, 0.2) is 12.3 Å². The molecule has 4 heterocycles. The van der Waals surface area contributed by atoms with Gasteiger partial charge in [0.2, 0.25) is 0 Å². The molecule has 0 amide bonds. The lowest BCUT2D eigenvalue weighted by Gasteiger charge is -2.38. The monoisotopic (exact) mass is 504 g/mol. The summed E-state index contributed by atoms with van der Waals surface area (Å²) in [6.45, 7) is 18.3. The summed E-state index contributed by atoms with van der Waals surface area (Å²) < 4.78 is 10.9. The first kappa shape index (κ1) is 27.3. The minimum Gasteiger partial charge on any atom is -0.387 e. The number of pyridine rings is 1. The molecular weight excluding hydrogens is 456 g/mol. The number of anilines is 3. The Balaban J connectivity index is 1.16. The zero-order valence-corrected chi connectivity index (χ0v) is 22.3. The van der Waals surface area contributed by atoms with Crippen LogP contribution in [0.1, 0.15) is 12.8 Å². The van der Waals surface area contributed by atoms with Crippen LogP contribution < -0.4 is 25.8 Å². The molecule has 1 aromatic heterocycles. The zero-order valence-electron chi connectivity index (χ0n) is 22.3. The Labute approximate surface area is 217 Å². The number of morpholine rings is 2. The quantitative estimate of drug-likeness (QED) is 0.292. The third-order valence-electron chi connectivity index (χ3n) is 7.40. The molecule has 204 valence electrons. The van der Waals surface area contributed by atoms with Gasteiger partial charge in [-0.05, 0) is 45.1 Å². The molecule has 10 heteroatoms. The van der Waals surface area contributed by atoms with Crippen molar-refractivity contribution in [2.24, 2.45) is 0 Å². The van der Waals surface area contributed by atoms with Crippen molar-refractivity contribution in [1.29, 1.82) is 0 Å². The van der Waals surface area contributed by atoms with E-state index < -0.39 is 0 Å². The van der Waals surface area contributed by atoms with Crippen molar-refractivity contribution in [3.8, 4) is 0 Å². The third-order valence-corrected chi connectivity index (χ3v) is 7.40. The molecule has 10 nitrogen and oxygen atoms in total. The summed E-state index contributed by atoms with van der Waals surface area (Å²) in [5, 5.41) is 10.6. The second-order valence-electron chi connectivity index (χ2n) is 9.91. The van der Waals surface area contributed by atoms with E-state index in [1.807, 2.05) is 13.2 Å². The summed E-state index contributed by atoms with van der Waals surface area (Å²) in [7, 11) is 1.96. The van der Waals surface area contributed by atoms with Crippen molar-refractivity contribution in [3.63, 3.8) is 0 Å². The summed E-state index contributed by atoms with van der Waals surface area (Å²) >= 11 is 0. The van der Waals surface area contributed by atoms with E-state index >= 15 is 0 Å². The highest BCUT2D eigenvalue weighted by atomic mass is 16.5. The molecule has 0 aliphatic carbocycles. The average molecular weight is 505 g/mol. The molecule has 0 unspecified atom stereocenters. The summed E-state index contributed by atoms with van der Waals surface area (Å²) in [6.07, 6.45) is 4.33. The van der Waals surface area contributed by atoms with Gasteiger partial charge in [0.05, 0.1) is 44.0 Å². The predicted molar refractivity (Wildman–Crippen MR) is 148 cm³/mol. The maximum Gasteiger partial charge on any atom is 0.152 e. The maximum atomic E-state index is 5.44. The topological polar surface area (TPSA) is 80.4 Å². The first-order chi connectivity index (χ1) is 17.8. The van der Waals surface area contributed by atoms with Gasteiger partial charge in [0.25, 0.3) is 0 Å². The molecule has 0 atom stereocenters. The number of aromatic nitrogens is 1. The number of ether oxygens (including phenoxy) is 2. The minimum atomic E-state index is 0.881. The van der Waals surface area contributed by atoms with Crippen LogP contribution in [0.3, 0.4) is 0 Å². The number of fused-ring (bicyclic) bond motifs is 1. The fourth-order valence-corrected chi connectivity index (χ4v) is 5.16. The highest BCUT2D eigenvalue weighted by Crippen LogP contribution is 2.32. The van der Waals surface area contributed by atoms with Gasteiger partial charge in [0, 0.05) is 72.5 Å². The lowest BCUT2D eigenvalue weighted by atomic mass is 10.2. The summed E-state index contributed by atoms with van der Waals surface area (Å²) in [5.74, 6) is 1.11. The first-order valence-corrected chi connectivity index (χ1v) is 14.0. The van der Waals surface area contributed by atoms with Gasteiger partial charge in [0.15, 0.2) is 5.82 Å². The van der Waals surface area contributed by atoms with E-state index in [1.54, 1.807) is 0 Å². The number of rotatable bonds is 15. The first-order valence-electron chi connectivity index (χ1n) is 14.0. The van der Waals surface area contributed by atoms with Gasteiger partial charge in [-0.15, -0.1) is 0 Å². The number of nitrogens with one attached hydrogen (secondary N) is 3. The molecule has 0 spiro atoms. The molecule has 4 rings (SSSR count). The molecule has 2 saturated heterocycles. The maximum absolute atomic E-state index is 5.44. The van der Waals surface area contributed by atoms with Crippen LogP contribution in [0, 0.1) is 0 Å². The van der Waals surface area contributed by atoms with Gasteiger partial charge in [-0.25, -0.2) is 4.98 Å². The van der Waals surface area contributed by atoms with E-state index in [2.05, 4.69) is 41.6 Å². The Bertz CT molecular complexity index is 743. The fourth-order valence-electron chi connectivity index (χ4n) is 5.16. The number of hydrogen-bond acceptors (Lipinski definition) is 10. The minimum absolute atomic E-state index is 0.881. The zero-order chi connectivity index (χ0) is 24.8. The number of hydrogen-bond donors (Lipinski definition) is 3. The summed E-state index contributed by atoms with van der Waals surface area (Å²) in [4.78, 5) is 14.8. The van der Waals surface area contributed by atoms with Crippen LogP contribution in [-0.4, -0.2) is 140 Å². The van der Waals surface area contributed by atoms with Crippen LogP contribution >= 0.6 is 0 Å².